The summed E-state index contributed by atoms with van der Waals surface area (Å²) >= 11 is 0. The number of aryl methyl sites for hydroxylation is 1. The minimum Gasteiger partial charge on any atom is -0.465 e. The van der Waals surface area contributed by atoms with E-state index in [2.05, 4.69) is 15.4 Å². The van der Waals surface area contributed by atoms with Gasteiger partial charge in [-0.15, -0.1) is 0 Å². The third-order valence-corrected chi connectivity index (χ3v) is 2.67. The fourth-order valence-corrected chi connectivity index (χ4v) is 1.76. The molecule has 0 aliphatic carbocycles. The van der Waals surface area contributed by atoms with Crippen molar-refractivity contribution in [2.45, 2.75) is 13.1 Å². The van der Waals surface area contributed by atoms with Crippen LogP contribution in [0.5, 0.6) is 0 Å². The molecule has 0 saturated carbocycles. The first-order chi connectivity index (χ1) is 9.20. The molecule has 0 amide bonds. The van der Waals surface area contributed by atoms with Gasteiger partial charge in [0.2, 0.25) is 0 Å². The van der Waals surface area contributed by atoms with Gasteiger partial charge in [0.1, 0.15) is 6.33 Å². The minimum atomic E-state index is -0.326. The van der Waals surface area contributed by atoms with E-state index >= 15 is 0 Å². The van der Waals surface area contributed by atoms with E-state index in [9.17, 15) is 4.79 Å². The molecule has 2 rings (SSSR count). The van der Waals surface area contributed by atoms with Gasteiger partial charge in [0.25, 0.3) is 0 Å². The molecule has 1 aromatic carbocycles. The smallest absolute Gasteiger partial charge is 0.338 e. The molecule has 0 fully saturated rings. The van der Waals surface area contributed by atoms with Crippen molar-refractivity contribution in [1.82, 2.24) is 20.1 Å². The molecule has 0 saturated heterocycles. The Balaban J connectivity index is 1.97. The first-order valence-electron chi connectivity index (χ1n) is 5.92. The Morgan fingerprint density at radius 2 is 2.16 bits per heavy atom. The summed E-state index contributed by atoms with van der Waals surface area (Å²) in [4.78, 5) is 15.7. The standard InChI is InChI=1S/C13H16N4O2/c1-17-9-15-12(16-17)8-14-7-10-5-3-4-6-11(10)13(18)19-2/h3-6,9,14H,7-8H2,1-2H3. The number of benzene rings is 1. The highest BCUT2D eigenvalue weighted by Gasteiger charge is 2.10. The summed E-state index contributed by atoms with van der Waals surface area (Å²) in [5, 5.41) is 7.37. The summed E-state index contributed by atoms with van der Waals surface area (Å²) in [5.41, 5.74) is 1.47. The first-order valence-corrected chi connectivity index (χ1v) is 5.92. The number of carbonyl (C=O) groups is 1. The molecule has 0 unspecified atom stereocenters. The maximum atomic E-state index is 11.6. The zero-order chi connectivity index (χ0) is 13.7. The number of hydrogen-bond donors (Lipinski definition) is 1. The summed E-state index contributed by atoms with van der Waals surface area (Å²) in [7, 11) is 3.20. The van der Waals surface area contributed by atoms with Crippen molar-refractivity contribution in [2.75, 3.05) is 7.11 Å². The second-order valence-electron chi connectivity index (χ2n) is 4.09. The van der Waals surface area contributed by atoms with Gasteiger partial charge in [-0.05, 0) is 11.6 Å². The predicted octanol–water partition coefficient (Wildman–Crippen LogP) is 0.891. The van der Waals surface area contributed by atoms with Gasteiger partial charge in [-0.1, -0.05) is 18.2 Å². The number of nitrogens with one attached hydrogen (secondary N) is 1. The highest BCUT2D eigenvalue weighted by Crippen LogP contribution is 2.09. The summed E-state index contributed by atoms with van der Waals surface area (Å²) in [6.45, 7) is 1.11. The van der Waals surface area contributed by atoms with Crippen molar-refractivity contribution in [1.29, 1.82) is 0 Å². The van der Waals surface area contributed by atoms with Crippen molar-refractivity contribution in [3.05, 3.63) is 47.5 Å². The zero-order valence-electron chi connectivity index (χ0n) is 11.0. The van der Waals surface area contributed by atoms with Gasteiger partial charge in [0.05, 0.1) is 19.2 Å². The molecule has 1 aromatic heterocycles. The number of methoxy groups -OCH3 is 1. The van der Waals surface area contributed by atoms with Crippen molar-refractivity contribution in [3.8, 4) is 0 Å². The average molecular weight is 260 g/mol. The minimum absolute atomic E-state index is 0.326. The van der Waals surface area contributed by atoms with Crippen molar-refractivity contribution in [2.24, 2.45) is 7.05 Å². The van der Waals surface area contributed by atoms with Crippen LogP contribution in [0.2, 0.25) is 0 Å². The molecular weight excluding hydrogens is 244 g/mol. The summed E-state index contributed by atoms with van der Waals surface area (Å²) in [6.07, 6.45) is 1.65. The van der Waals surface area contributed by atoms with Crippen LogP contribution in [0.25, 0.3) is 0 Å². The molecule has 0 aliphatic rings. The third kappa shape index (κ3) is 3.38. The molecule has 0 bridgehead atoms. The second kappa shape index (κ2) is 6.10. The monoisotopic (exact) mass is 260 g/mol. The highest BCUT2D eigenvalue weighted by atomic mass is 16.5. The largest absolute Gasteiger partial charge is 0.465 e. The van der Waals surface area contributed by atoms with Crippen LogP contribution in [-0.4, -0.2) is 27.8 Å². The van der Waals surface area contributed by atoms with E-state index < -0.39 is 0 Å². The van der Waals surface area contributed by atoms with Crippen molar-refractivity contribution >= 4 is 5.97 Å². The van der Waals surface area contributed by atoms with Crippen molar-refractivity contribution in [3.63, 3.8) is 0 Å². The van der Waals surface area contributed by atoms with Gasteiger partial charge < -0.3 is 10.1 Å². The SMILES string of the molecule is COC(=O)c1ccccc1CNCc1ncn(C)n1. The number of hydrogen-bond acceptors (Lipinski definition) is 5. The lowest BCUT2D eigenvalue weighted by Gasteiger charge is -2.08. The normalized spacial score (nSPS) is 10.4. The van der Waals surface area contributed by atoms with E-state index in [1.54, 1.807) is 17.1 Å². The maximum Gasteiger partial charge on any atom is 0.338 e. The quantitative estimate of drug-likeness (QED) is 0.809. The van der Waals surface area contributed by atoms with Gasteiger partial charge in [-0.25, -0.2) is 9.78 Å². The Bertz CT molecular complexity index is 565. The lowest BCUT2D eigenvalue weighted by Crippen LogP contribution is -2.17. The molecule has 19 heavy (non-hydrogen) atoms. The fourth-order valence-electron chi connectivity index (χ4n) is 1.76. The molecule has 2 aromatic rings. The number of nitrogens with zero attached hydrogens (tertiary/aromatic N) is 3. The predicted molar refractivity (Wildman–Crippen MR) is 69.3 cm³/mol. The van der Waals surface area contributed by atoms with E-state index in [1.807, 2.05) is 25.2 Å². The van der Waals surface area contributed by atoms with Gasteiger partial charge in [0, 0.05) is 13.6 Å². The van der Waals surface area contributed by atoms with Gasteiger partial charge >= 0.3 is 5.97 Å². The Hall–Kier alpha value is -2.21. The van der Waals surface area contributed by atoms with E-state index in [0.717, 1.165) is 11.4 Å². The number of aromatic nitrogens is 3. The van der Waals surface area contributed by atoms with Gasteiger partial charge in [0.15, 0.2) is 5.82 Å². The number of rotatable bonds is 5. The third-order valence-electron chi connectivity index (χ3n) is 2.67. The van der Waals surface area contributed by atoms with Gasteiger partial charge in [-0.2, -0.15) is 5.10 Å². The Kier molecular flexibility index (Phi) is 4.25. The Morgan fingerprint density at radius 3 is 2.84 bits per heavy atom. The molecule has 1 heterocycles. The van der Waals surface area contributed by atoms with E-state index in [4.69, 9.17) is 4.74 Å². The zero-order valence-corrected chi connectivity index (χ0v) is 11.0. The lowest BCUT2D eigenvalue weighted by atomic mass is 10.1. The summed E-state index contributed by atoms with van der Waals surface area (Å²) in [5.74, 6) is 0.395. The lowest BCUT2D eigenvalue weighted by molar-refractivity contribution is 0.0599. The van der Waals surface area contributed by atoms with E-state index in [0.29, 0.717) is 18.7 Å². The molecule has 6 heteroatoms. The maximum absolute atomic E-state index is 11.6. The van der Waals surface area contributed by atoms with Crippen LogP contribution in [0, 0.1) is 0 Å². The van der Waals surface area contributed by atoms with Crippen LogP contribution in [0.3, 0.4) is 0 Å². The highest BCUT2D eigenvalue weighted by molar-refractivity contribution is 5.90. The molecule has 100 valence electrons. The van der Waals surface area contributed by atoms with Crippen molar-refractivity contribution < 1.29 is 9.53 Å². The van der Waals surface area contributed by atoms with Crippen LogP contribution in [0.15, 0.2) is 30.6 Å². The molecule has 0 radical (unpaired) electrons. The molecule has 6 nitrogen and oxygen atoms in total. The number of esters is 1. The van der Waals surface area contributed by atoms with Crippen LogP contribution >= 0.6 is 0 Å². The van der Waals surface area contributed by atoms with E-state index in [1.165, 1.54) is 7.11 Å². The van der Waals surface area contributed by atoms with Crippen LogP contribution in [0.4, 0.5) is 0 Å². The fraction of sp³-hybridized carbons (Fsp3) is 0.308. The average Bonchev–Trinajstić information content (AvgIpc) is 2.84. The topological polar surface area (TPSA) is 69.0 Å². The number of ether oxygens (including phenoxy) is 1. The van der Waals surface area contributed by atoms with Crippen LogP contribution < -0.4 is 5.32 Å². The van der Waals surface area contributed by atoms with Gasteiger partial charge in [-0.3, -0.25) is 4.68 Å². The van der Waals surface area contributed by atoms with Crippen LogP contribution in [0.1, 0.15) is 21.7 Å². The Labute approximate surface area is 111 Å². The molecule has 0 atom stereocenters. The molecule has 1 N–H and O–H groups in total. The van der Waals surface area contributed by atoms with Crippen LogP contribution in [-0.2, 0) is 24.9 Å². The Morgan fingerprint density at radius 1 is 1.37 bits per heavy atom. The van der Waals surface area contributed by atoms with E-state index in [-0.39, 0.29) is 5.97 Å². The molecule has 0 spiro atoms. The summed E-state index contributed by atoms with van der Waals surface area (Å²) in [6, 6.07) is 7.35. The molecule has 0 aliphatic heterocycles. The number of carbonyl (C=O) groups excluding carboxylic acids is 1. The molecular formula is C13H16N4O2. The first kappa shape index (κ1) is 13.2. The second-order valence-corrected chi connectivity index (χ2v) is 4.09. The summed E-state index contributed by atoms with van der Waals surface area (Å²) < 4.78 is 6.40.